The van der Waals surface area contributed by atoms with Crippen molar-refractivity contribution in [1.29, 1.82) is 5.26 Å². The summed E-state index contributed by atoms with van der Waals surface area (Å²) in [6.07, 6.45) is 0. The van der Waals surface area contributed by atoms with Gasteiger partial charge in [-0.3, -0.25) is 0 Å². The number of hydrogen-bond donors (Lipinski definition) is 2. The lowest BCUT2D eigenvalue weighted by atomic mass is 10.1. The van der Waals surface area contributed by atoms with Crippen molar-refractivity contribution >= 4 is 11.4 Å². The van der Waals surface area contributed by atoms with Crippen LogP contribution in [0.2, 0.25) is 0 Å². The Morgan fingerprint density at radius 2 is 1.90 bits per heavy atom. The Morgan fingerprint density at radius 1 is 1.19 bits per heavy atom. The van der Waals surface area contributed by atoms with Gasteiger partial charge in [0, 0.05) is 36.1 Å². The maximum absolute atomic E-state index is 10.2. The van der Waals surface area contributed by atoms with E-state index in [1.54, 1.807) is 12.1 Å². The number of anilines is 2. The third-order valence-corrected chi connectivity index (χ3v) is 3.66. The molecule has 0 amide bonds. The number of nitrogens with one attached hydrogen (secondary N) is 1. The van der Waals surface area contributed by atoms with Crippen LogP contribution in [0.25, 0.3) is 0 Å². The Bertz CT molecular complexity index is 676. The molecule has 0 aliphatic rings. The molecule has 0 aliphatic heterocycles. The van der Waals surface area contributed by atoms with Crippen LogP contribution in [0.15, 0.2) is 42.5 Å². The highest BCUT2D eigenvalue weighted by molar-refractivity contribution is 5.66. The molecule has 0 saturated carbocycles. The van der Waals surface area contributed by atoms with Gasteiger partial charge in [-0.25, -0.2) is 0 Å². The van der Waals surface area contributed by atoms with Crippen molar-refractivity contribution in [2.75, 3.05) is 19.0 Å². The molecular formula is C17H19N3O. The first kappa shape index (κ1) is 14.9. The van der Waals surface area contributed by atoms with Gasteiger partial charge in [0.05, 0.1) is 11.6 Å². The van der Waals surface area contributed by atoms with Crippen LogP contribution in [0.1, 0.15) is 24.1 Å². The molecule has 1 unspecified atom stereocenters. The molecule has 2 aromatic carbocycles. The van der Waals surface area contributed by atoms with Crippen molar-refractivity contribution in [2.24, 2.45) is 0 Å². The van der Waals surface area contributed by atoms with E-state index in [2.05, 4.69) is 11.4 Å². The molecule has 1 atom stereocenters. The molecule has 0 spiro atoms. The highest BCUT2D eigenvalue weighted by Gasteiger charge is 2.11. The quantitative estimate of drug-likeness (QED) is 0.902. The van der Waals surface area contributed by atoms with E-state index < -0.39 is 0 Å². The third-order valence-electron chi connectivity index (χ3n) is 3.66. The van der Waals surface area contributed by atoms with Crippen LogP contribution in [0.4, 0.5) is 11.4 Å². The molecule has 0 radical (unpaired) electrons. The molecule has 0 saturated heterocycles. The molecule has 108 valence electrons. The molecule has 4 heteroatoms. The van der Waals surface area contributed by atoms with E-state index in [9.17, 15) is 5.11 Å². The average molecular weight is 281 g/mol. The minimum Gasteiger partial charge on any atom is -0.508 e. The molecule has 2 rings (SSSR count). The molecule has 0 heterocycles. The van der Waals surface area contributed by atoms with Gasteiger partial charge in [0.2, 0.25) is 0 Å². The van der Waals surface area contributed by atoms with Crippen LogP contribution in [-0.2, 0) is 0 Å². The average Bonchev–Trinajstić information content (AvgIpc) is 2.53. The van der Waals surface area contributed by atoms with E-state index in [0.29, 0.717) is 5.56 Å². The van der Waals surface area contributed by atoms with Gasteiger partial charge >= 0.3 is 0 Å². The van der Waals surface area contributed by atoms with Crippen molar-refractivity contribution in [3.63, 3.8) is 0 Å². The second-order valence-corrected chi connectivity index (χ2v) is 4.97. The van der Waals surface area contributed by atoms with E-state index >= 15 is 0 Å². The predicted molar refractivity (Wildman–Crippen MR) is 84.8 cm³/mol. The zero-order chi connectivity index (χ0) is 15.4. The Labute approximate surface area is 125 Å². The van der Waals surface area contributed by atoms with Gasteiger partial charge in [0.15, 0.2) is 0 Å². The number of phenolic OH excluding ortho intramolecular Hbond substituents is 1. The smallest absolute Gasteiger partial charge is 0.122 e. The maximum atomic E-state index is 10.2. The first-order chi connectivity index (χ1) is 10.1. The highest BCUT2D eigenvalue weighted by Crippen LogP contribution is 2.31. The fraction of sp³-hybridized carbons (Fsp3) is 0.235. The second kappa shape index (κ2) is 6.29. The topological polar surface area (TPSA) is 59.3 Å². The van der Waals surface area contributed by atoms with Crippen LogP contribution >= 0.6 is 0 Å². The lowest BCUT2D eigenvalue weighted by Gasteiger charge is -2.21. The summed E-state index contributed by atoms with van der Waals surface area (Å²) >= 11 is 0. The normalized spacial score (nSPS) is 11.7. The Morgan fingerprint density at radius 3 is 2.52 bits per heavy atom. The Balaban J connectivity index is 2.33. The molecule has 2 aromatic rings. The lowest BCUT2D eigenvalue weighted by Crippen LogP contribution is -2.13. The van der Waals surface area contributed by atoms with Crippen LogP contribution in [0.5, 0.6) is 5.75 Å². The number of aromatic hydroxyl groups is 1. The van der Waals surface area contributed by atoms with E-state index in [-0.39, 0.29) is 11.8 Å². The van der Waals surface area contributed by atoms with Crippen LogP contribution < -0.4 is 10.2 Å². The fourth-order valence-corrected chi connectivity index (χ4v) is 2.20. The maximum Gasteiger partial charge on any atom is 0.122 e. The SMILES string of the molecule is CNC(C)c1ccc(N(C)c2cccc(C#N)c2)cc1O. The number of benzene rings is 2. The van der Waals surface area contributed by atoms with Crippen LogP contribution in [0, 0.1) is 11.3 Å². The second-order valence-electron chi connectivity index (χ2n) is 4.97. The van der Waals surface area contributed by atoms with Crippen molar-refractivity contribution in [3.8, 4) is 11.8 Å². The van der Waals surface area contributed by atoms with E-state index in [1.165, 1.54) is 0 Å². The lowest BCUT2D eigenvalue weighted by molar-refractivity contribution is 0.458. The first-order valence-corrected chi connectivity index (χ1v) is 6.81. The van der Waals surface area contributed by atoms with E-state index in [1.807, 2.05) is 56.3 Å². The predicted octanol–water partition coefficient (Wildman–Crippen LogP) is 3.31. The zero-order valence-electron chi connectivity index (χ0n) is 12.5. The molecule has 0 aliphatic carbocycles. The Kier molecular flexibility index (Phi) is 4.46. The number of hydrogen-bond acceptors (Lipinski definition) is 4. The van der Waals surface area contributed by atoms with E-state index in [0.717, 1.165) is 16.9 Å². The van der Waals surface area contributed by atoms with Gasteiger partial charge in [-0.2, -0.15) is 5.26 Å². The highest BCUT2D eigenvalue weighted by atomic mass is 16.3. The molecule has 2 N–H and O–H groups in total. The summed E-state index contributed by atoms with van der Waals surface area (Å²) in [6.45, 7) is 1.99. The van der Waals surface area contributed by atoms with Crippen LogP contribution in [-0.4, -0.2) is 19.2 Å². The molecule has 0 fully saturated rings. The summed E-state index contributed by atoms with van der Waals surface area (Å²) in [5.74, 6) is 0.262. The van der Waals surface area contributed by atoms with Gasteiger partial charge in [-0.1, -0.05) is 12.1 Å². The van der Waals surface area contributed by atoms with Gasteiger partial charge in [-0.15, -0.1) is 0 Å². The van der Waals surface area contributed by atoms with E-state index in [4.69, 9.17) is 5.26 Å². The van der Waals surface area contributed by atoms with Gasteiger partial charge < -0.3 is 15.3 Å². The summed E-state index contributed by atoms with van der Waals surface area (Å²) in [4.78, 5) is 1.94. The minimum absolute atomic E-state index is 0.0891. The molecule has 0 aromatic heterocycles. The monoisotopic (exact) mass is 281 g/mol. The van der Waals surface area contributed by atoms with Crippen molar-refractivity contribution in [3.05, 3.63) is 53.6 Å². The number of nitriles is 1. The molecular weight excluding hydrogens is 262 g/mol. The largest absolute Gasteiger partial charge is 0.508 e. The summed E-state index contributed by atoms with van der Waals surface area (Å²) in [6, 6.07) is 15.2. The number of phenols is 1. The molecule has 21 heavy (non-hydrogen) atoms. The summed E-state index contributed by atoms with van der Waals surface area (Å²) in [5, 5.41) is 22.2. The van der Waals surface area contributed by atoms with Crippen molar-refractivity contribution in [1.82, 2.24) is 5.32 Å². The van der Waals surface area contributed by atoms with Crippen LogP contribution in [0.3, 0.4) is 0 Å². The van der Waals surface area contributed by atoms with Crippen molar-refractivity contribution in [2.45, 2.75) is 13.0 Å². The Hall–Kier alpha value is -2.51. The van der Waals surface area contributed by atoms with Gasteiger partial charge in [-0.05, 0) is 38.2 Å². The number of rotatable bonds is 4. The summed E-state index contributed by atoms with van der Waals surface area (Å²) in [7, 11) is 3.77. The minimum atomic E-state index is 0.0891. The summed E-state index contributed by atoms with van der Waals surface area (Å²) < 4.78 is 0. The number of nitrogens with zero attached hydrogens (tertiary/aromatic N) is 2. The zero-order valence-corrected chi connectivity index (χ0v) is 12.5. The third kappa shape index (κ3) is 3.15. The summed E-state index contributed by atoms with van der Waals surface area (Å²) in [5.41, 5.74) is 3.25. The van der Waals surface area contributed by atoms with Crippen molar-refractivity contribution < 1.29 is 5.11 Å². The molecule has 4 nitrogen and oxygen atoms in total. The van der Waals surface area contributed by atoms with Gasteiger partial charge in [0.25, 0.3) is 0 Å². The standard InChI is InChI=1S/C17H19N3O/c1-12(19-2)16-8-7-15(10-17(16)21)20(3)14-6-4-5-13(9-14)11-18/h4-10,12,19,21H,1-3H3. The molecule has 0 bridgehead atoms. The van der Waals surface area contributed by atoms with Gasteiger partial charge in [0.1, 0.15) is 5.75 Å². The first-order valence-electron chi connectivity index (χ1n) is 6.81. The fourth-order valence-electron chi connectivity index (χ4n) is 2.20.